The predicted molar refractivity (Wildman–Crippen MR) is 141 cm³/mol. The van der Waals surface area contributed by atoms with Gasteiger partial charge in [0.1, 0.15) is 12.6 Å². The zero-order chi connectivity index (χ0) is 26.0. The van der Waals surface area contributed by atoms with Gasteiger partial charge in [-0.1, -0.05) is 31.2 Å². The van der Waals surface area contributed by atoms with Crippen LogP contribution in [0, 0.1) is 11.3 Å². The number of benzene rings is 1. The molecule has 4 fully saturated rings. The summed E-state index contributed by atoms with van der Waals surface area (Å²) < 4.78 is 35.2. The molecule has 4 nitrogen and oxygen atoms in total. The molecule has 8 rings (SSSR count). The molecule has 3 aliphatic heterocycles. The van der Waals surface area contributed by atoms with Gasteiger partial charge in [0.2, 0.25) is 0 Å². The lowest BCUT2D eigenvalue weighted by Gasteiger charge is -2.55. The van der Waals surface area contributed by atoms with Crippen LogP contribution in [0.25, 0.3) is 10.8 Å². The lowest BCUT2D eigenvalue weighted by Crippen LogP contribution is -2.59. The minimum absolute atomic E-state index is 0.103. The molecule has 2 aromatic rings. The molecule has 0 radical (unpaired) electrons. The van der Waals surface area contributed by atoms with Crippen molar-refractivity contribution in [1.82, 2.24) is 4.98 Å². The van der Waals surface area contributed by atoms with E-state index in [4.69, 9.17) is 4.74 Å². The molecule has 2 saturated heterocycles. The molecule has 6 heteroatoms. The lowest BCUT2D eigenvalue weighted by atomic mass is 9.58. The fourth-order valence-corrected chi connectivity index (χ4v) is 9.89. The van der Waals surface area contributed by atoms with Gasteiger partial charge in [-0.3, -0.25) is 4.98 Å². The fourth-order valence-electron chi connectivity index (χ4n) is 9.89. The van der Waals surface area contributed by atoms with Gasteiger partial charge < -0.3 is 4.74 Å². The number of likely N-dealkylation sites (tertiary alicyclic amines) is 1. The SMILES string of the molecule is CC12CC=C3C=C4CCC([N+]5(O)CCC(F)(F)C5)C[C@]45CC[C@]3(O5)[C@@H]1CCC2c1ccc2ccncc2c1. The van der Waals surface area contributed by atoms with Gasteiger partial charge in [0.05, 0.1) is 17.6 Å². The van der Waals surface area contributed by atoms with Crippen LogP contribution in [0.2, 0.25) is 0 Å². The molecule has 4 heterocycles. The molecule has 3 aliphatic carbocycles. The predicted octanol–water partition coefficient (Wildman–Crippen LogP) is 7.09. The van der Waals surface area contributed by atoms with Crippen molar-refractivity contribution in [3.63, 3.8) is 0 Å². The highest BCUT2D eigenvalue weighted by Crippen LogP contribution is 2.69. The third kappa shape index (κ3) is 3.08. The molecule has 4 unspecified atom stereocenters. The van der Waals surface area contributed by atoms with Crippen LogP contribution in [-0.2, 0) is 4.74 Å². The van der Waals surface area contributed by atoms with E-state index in [1.54, 1.807) is 0 Å². The molecule has 1 N–H and O–H groups in total. The number of rotatable bonds is 2. The summed E-state index contributed by atoms with van der Waals surface area (Å²) in [6.07, 6.45) is 16.0. The highest BCUT2D eigenvalue weighted by atomic mass is 19.3. The van der Waals surface area contributed by atoms with Crippen LogP contribution >= 0.6 is 0 Å². The van der Waals surface area contributed by atoms with Crippen LogP contribution in [-0.4, -0.2) is 51.1 Å². The number of quaternary nitrogens is 1. The minimum atomic E-state index is -2.77. The maximum Gasteiger partial charge on any atom is 0.304 e. The molecule has 200 valence electrons. The second-order valence-corrected chi connectivity index (χ2v) is 13.6. The Hall–Kier alpha value is -2.15. The minimum Gasteiger partial charge on any atom is -0.359 e. The number of aromatic nitrogens is 1. The van der Waals surface area contributed by atoms with E-state index < -0.39 is 22.7 Å². The van der Waals surface area contributed by atoms with Gasteiger partial charge >= 0.3 is 5.92 Å². The molecule has 2 spiro atoms. The van der Waals surface area contributed by atoms with Crippen molar-refractivity contribution < 1.29 is 23.4 Å². The van der Waals surface area contributed by atoms with E-state index >= 15 is 0 Å². The fraction of sp³-hybridized carbons (Fsp3) is 0.594. The lowest BCUT2D eigenvalue weighted by molar-refractivity contribution is -1.11. The van der Waals surface area contributed by atoms with Crippen LogP contribution < -0.4 is 0 Å². The summed E-state index contributed by atoms with van der Waals surface area (Å²) in [4.78, 5) is 4.35. The first-order valence-corrected chi connectivity index (χ1v) is 14.6. The quantitative estimate of drug-likeness (QED) is 0.431. The number of alkyl halides is 2. The van der Waals surface area contributed by atoms with Crippen LogP contribution in [0.15, 0.2) is 60.0 Å². The molecule has 1 aromatic carbocycles. The summed E-state index contributed by atoms with van der Waals surface area (Å²) in [6.45, 7) is 2.17. The highest BCUT2D eigenvalue weighted by Gasteiger charge is 2.68. The van der Waals surface area contributed by atoms with Gasteiger partial charge in [-0.25, -0.2) is 5.21 Å². The number of allylic oxidation sites excluding steroid dienone is 1. The number of fused-ring (bicyclic) bond motifs is 2. The van der Waals surface area contributed by atoms with Crippen molar-refractivity contribution in [2.75, 3.05) is 13.1 Å². The molecule has 1 aromatic heterocycles. The topological polar surface area (TPSA) is 42.4 Å². The first-order valence-electron chi connectivity index (χ1n) is 14.6. The Balaban J connectivity index is 1.13. The van der Waals surface area contributed by atoms with Gasteiger partial charge in [0.15, 0.2) is 6.54 Å². The van der Waals surface area contributed by atoms with Crippen molar-refractivity contribution >= 4 is 10.8 Å². The van der Waals surface area contributed by atoms with Crippen molar-refractivity contribution in [2.24, 2.45) is 11.3 Å². The van der Waals surface area contributed by atoms with E-state index in [-0.39, 0.29) is 30.0 Å². The first-order chi connectivity index (χ1) is 18.1. The Labute approximate surface area is 222 Å². The molecule has 7 atom stereocenters. The Morgan fingerprint density at radius 1 is 1.08 bits per heavy atom. The Kier molecular flexibility index (Phi) is 4.70. The van der Waals surface area contributed by atoms with Gasteiger partial charge in [-0.2, -0.15) is 13.4 Å². The van der Waals surface area contributed by atoms with E-state index in [0.29, 0.717) is 18.3 Å². The van der Waals surface area contributed by atoms with Crippen LogP contribution in [0.4, 0.5) is 8.78 Å². The van der Waals surface area contributed by atoms with Crippen LogP contribution in [0.5, 0.6) is 0 Å². The van der Waals surface area contributed by atoms with Gasteiger partial charge in [0, 0.05) is 30.6 Å². The van der Waals surface area contributed by atoms with Crippen molar-refractivity contribution in [3.05, 3.63) is 65.5 Å². The van der Waals surface area contributed by atoms with E-state index in [9.17, 15) is 14.0 Å². The monoisotopic (exact) mass is 519 g/mol. The maximum atomic E-state index is 14.2. The highest BCUT2D eigenvalue weighted by molar-refractivity contribution is 5.82. The van der Waals surface area contributed by atoms with E-state index in [1.165, 1.54) is 27.5 Å². The normalized spacial score (nSPS) is 44.8. The molecule has 6 aliphatic rings. The average Bonchev–Trinajstić information content (AvgIpc) is 3.52. The first kappa shape index (κ1) is 23.7. The summed E-state index contributed by atoms with van der Waals surface area (Å²) in [5, 5.41) is 13.7. The maximum absolute atomic E-state index is 14.2. The molecule has 0 amide bonds. The van der Waals surface area contributed by atoms with Crippen molar-refractivity contribution in [3.8, 4) is 0 Å². The third-order valence-corrected chi connectivity index (χ3v) is 11.8. The van der Waals surface area contributed by atoms with Gasteiger partial charge in [0.25, 0.3) is 0 Å². The van der Waals surface area contributed by atoms with Crippen molar-refractivity contribution in [2.45, 2.75) is 93.8 Å². The molecular weight excluding hydrogens is 482 g/mol. The zero-order valence-corrected chi connectivity index (χ0v) is 22.1. The molecule has 2 bridgehead atoms. The number of pyridine rings is 1. The second-order valence-electron chi connectivity index (χ2n) is 13.6. The number of hydrogen-bond acceptors (Lipinski definition) is 3. The average molecular weight is 520 g/mol. The van der Waals surface area contributed by atoms with E-state index in [0.717, 1.165) is 44.9 Å². The van der Waals surface area contributed by atoms with Crippen LogP contribution in [0.3, 0.4) is 0 Å². The summed E-state index contributed by atoms with van der Waals surface area (Å²) in [5.74, 6) is -1.88. The Morgan fingerprint density at radius 2 is 1.97 bits per heavy atom. The summed E-state index contributed by atoms with van der Waals surface area (Å²) in [6, 6.07) is 8.78. The largest absolute Gasteiger partial charge is 0.359 e. The smallest absolute Gasteiger partial charge is 0.304 e. The number of nitrogens with zero attached hydrogens (tertiary/aromatic N) is 2. The van der Waals surface area contributed by atoms with Crippen molar-refractivity contribution in [1.29, 1.82) is 0 Å². The van der Waals surface area contributed by atoms with E-state index in [2.05, 4.69) is 48.3 Å². The summed E-state index contributed by atoms with van der Waals surface area (Å²) in [7, 11) is 0. The Bertz CT molecular complexity index is 1400. The third-order valence-electron chi connectivity index (χ3n) is 11.8. The van der Waals surface area contributed by atoms with Crippen LogP contribution in [0.1, 0.15) is 76.2 Å². The number of hydrogen-bond donors (Lipinski definition) is 1. The molecule has 2 saturated carbocycles. The van der Waals surface area contributed by atoms with Gasteiger partial charge in [-0.05, 0) is 90.0 Å². The van der Waals surface area contributed by atoms with Gasteiger partial charge in [-0.15, -0.1) is 0 Å². The number of hydroxylamine groups is 3. The summed E-state index contributed by atoms with van der Waals surface area (Å²) in [5.41, 5.74) is 3.52. The zero-order valence-electron chi connectivity index (χ0n) is 22.1. The second kappa shape index (κ2) is 7.52. The number of ether oxygens (including phenoxy) is 1. The molecular formula is C32H37F2N2O2+. The molecule has 38 heavy (non-hydrogen) atoms. The van der Waals surface area contributed by atoms with E-state index in [1.807, 2.05) is 12.4 Å². The standard InChI is InChI=1S/C32H37F2N2O2/c1-29-10-8-25-17-24-4-5-26(36(37)15-13-31(33,34)20-36)18-30(24)11-12-32(25,38-30)28(29)7-6-27(29)22-3-2-21-9-14-35-19-23(21)16-22/h2-3,8-9,14,16-17,19,26-28,37H,4-7,10-13,15,18,20H2,1H3/q+1/t26?,27?,28-,29?,30-,32-,36?/m1/s1. The Morgan fingerprint density at radius 3 is 2.82 bits per heavy atom. The number of halogens is 2. The summed E-state index contributed by atoms with van der Waals surface area (Å²) >= 11 is 0.